The first-order valence-corrected chi connectivity index (χ1v) is 15.1. The molecule has 0 saturated carbocycles. The van der Waals surface area contributed by atoms with E-state index in [1.807, 2.05) is 0 Å². The van der Waals surface area contributed by atoms with Gasteiger partial charge in [0.2, 0.25) is 0 Å². The Morgan fingerprint density at radius 1 is 0.548 bits per heavy atom. The molecular weight excluding hydrogens is 378 g/mol. The van der Waals surface area contributed by atoms with Crippen LogP contribution in [0.3, 0.4) is 0 Å². The molecule has 0 radical (unpaired) electrons. The third-order valence-electron chi connectivity index (χ3n) is 7.47. The molecular formula is C28H36Li2Si. The van der Waals surface area contributed by atoms with Crippen LogP contribution in [-0.4, -0.2) is 43.5 Å². The number of rotatable bonds is 12. The van der Waals surface area contributed by atoms with E-state index in [1.54, 1.807) is 18.9 Å². The van der Waals surface area contributed by atoms with Gasteiger partial charge in [-0.3, -0.25) is 0 Å². The zero-order chi connectivity index (χ0) is 22.1. The summed E-state index contributed by atoms with van der Waals surface area (Å²) in [6, 6.07) is 25.3. The van der Waals surface area contributed by atoms with Crippen molar-refractivity contribution in [1.82, 2.24) is 0 Å². The Balaban J connectivity index is 2.09. The summed E-state index contributed by atoms with van der Waals surface area (Å²) in [7, 11) is -1.67. The van der Waals surface area contributed by atoms with E-state index >= 15 is 0 Å². The summed E-state index contributed by atoms with van der Waals surface area (Å²) in [6.45, 7) is 4.65. The summed E-state index contributed by atoms with van der Waals surface area (Å²) >= 11 is 5.02. The van der Waals surface area contributed by atoms with E-state index in [0.29, 0.717) is 0 Å². The van der Waals surface area contributed by atoms with Gasteiger partial charge in [0.25, 0.3) is 0 Å². The first-order chi connectivity index (χ1) is 15.2. The monoisotopic (exact) mass is 414 g/mol. The van der Waals surface area contributed by atoms with E-state index in [-0.39, 0.29) is 0 Å². The molecule has 0 aliphatic carbocycles. The third-order valence-corrected chi connectivity index (χ3v) is 13.3. The molecule has 2 aromatic rings. The fraction of sp³-hybridized carbons (Fsp3) is 0.429. The van der Waals surface area contributed by atoms with E-state index in [2.05, 4.69) is 110 Å². The Hall–Kier alpha value is -0.668. The van der Waals surface area contributed by atoms with Gasteiger partial charge in [-0.25, -0.2) is 0 Å². The topological polar surface area (TPSA) is 0 Å². The van der Waals surface area contributed by atoms with Gasteiger partial charge in [0.05, 0.1) is 0 Å². The first-order valence-electron chi connectivity index (χ1n) is 12.7. The van der Waals surface area contributed by atoms with Crippen LogP contribution in [0.1, 0.15) is 76.3 Å². The second kappa shape index (κ2) is 12.5. The van der Waals surface area contributed by atoms with E-state index in [9.17, 15) is 0 Å². The molecule has 0 aromatic heterocycles. The predicted molar refractivity (Wildman–Crippen MR) is 142 cm³/mol. The molecule has 0 bridgehead atoms. The molecule has 2 aromatic carbocycles. The van der Waals surface area contributed by atoms with Gasteiger partial charge in [-0.15, -0.1) is 0 Å². The molecule has 1 heterocycles. The maximum absolute atomic E-state index is 2.51. The average molecular weight is 415 g/mol. The van der Waals surface area contributed by atoms with Gasteiger partial charge in [0.1, 0.15) is 0 Å². The third kappa shape index (κ3) is 5.83. The Morgan fingerprint density at radius 3 is 1.29 bits per heavy atom. The summed E-state index contributed by atoms with van der Waals surface area (Å²) < 4.78 is 3.51. The van der Waals surface area contributed by atoms with E-state index < -0.39 is 8.07 Å². The molecule has 0 saturated heterocycles. The van der Waals surface area contributed by atoms with Crippen molar-refractivity contribution < 1.29 is 0 Å². The standard InChI is InChI=1S/C28H36Si.2Li/c1-3-5-7-15-21-29(22-16-8-6-4-2)23-27(25-17-11-9-12-18-25)28(24-29)26-19-13-10-14-20-26;;/h9-14,17-20H,3-8,15-16,21-22H2,1-2H3;;. The number of allylic oxidation sites excluding steroid dienone is 2. The van der Waals surface area contributed by atoms with Crippen LogP contribution in [0, 0.1) is 0 Å². The van der Waals surface area contributed by atoms with E-state index in [4.69, 9.17) is 0 Å². The molecule has 0 unspecified atom stereocenters. The molecule has 3 rings (SSSR count). The zero-order valence-corrected chi connectivity index (χ0v) is 21.3. The van der Waals surface area contributed by atoms with Gasteiger partial charge in [0, 0.05) is 0 Å². The molecule has 0 atom stereocenters. The Morgan fingerprint density at radius 2 is 0.935 bits per heavy atom. The van der Waals surface area contributed by atoms with Gasteiger partial charge in [-0.2, -0.15) is 0 Å². The molecule has 0 nitrogen and oxygen atoms in total. The van der Waals surface area contributed by atoms with Gasteiger partial charge < -0.3 is 0 Å². The SMILES string of the molecule is [Li][C]1=C(c2ccccc2)C(c2ccccc2)=[C]([Li])[Si]1(CCCCCC)CCCCCC. The minimum absolute atomic E-state index is 1.32. The molecule has 1 aliphatic rings. The Labute approximate surface area is 210 Å². The van der Waals surface area contributed by atoms with Crippen molar-refractivity contribution in [3.63, 3.8) is 0 Å². The first kappa shape index (κ1) is 25.0. The van der Waals surface area contributed by atoms with Crippen LogP contribution in [0.5, 0.6) is 0 Å². The minimum atomic E-state index is -1.67. The second-order valence-electron chi connectivity index (χ2n) is 9.44. The number of hydrogen-bond acceptors (Lipinski definition) is 0. The van der Waals surface area contributed by atoms with Gasteiger partial charge in [-0.1, -0.05) is 0 Å². The zero-order valence-electron chi connectivity index (χ0n) is 20.3. The van der Waals surface area contributed by atoms with Gasteiger partial charge in [-0.05, 0) is 0 Å². The van der Waals surface area contributed by atoms with Crippen LogP contribution in [0.15, 0.2) is 68.4 Å². The van der Waals surface area contributed by atoms with Crippen LogP contribution in [0.4, 0.5) is 0 Å². The van der Waals surface area contributed by atoms with Crippen molar-refractivity contribution in [3.05, 3.63) is 79.5 Å². The molecule has 0 fully saturated rings. The van der Waals surface area contributed by atoms with Crippen LogP contribution in [-0.2, 0) is 0 Å². The second-order valence-corrected chi connectivity index (χ2v) is 14.1. The molecule has 0 N–H and O–H groups in total. The van der Waals surface area contributed by atoms with Crippen LogP contribution in [0.25, 0.3) is 11.1 Å². The average Bonchev–Trinajstić information content (AvgIpc) is 3.02. The number of benzene rings is 2. The van der Waals surface area contributed by atoms with Crippen LogP contribution in [0.2, 0.25) is 12.1 Å². The normalized spacial score (nSPS) is 15.8. The fourth-order valence-electron chi connectivity index (χ4n) is 5.65. The van der Waals surface area contributed by atoms with Crippen LogP contribution >= 0.6 is 0 Å². The summed E-state index contributed by atoms with van der Waals surface area (Å²) in [4.78, 5) is 0. The number of unbranched alkanes of at least 4 members (excludes halogenated alkanes) is 6. The predicted octanol–water partition coefficient (Wildman–Crippen LogP) is 7.85. The Kier molecular flexibility index (Phi) is 10.1. The quantitative estimate of drug-likeness (QED) is 0.245. The van der Waals surface area contributed by atoms with Crippen molar-refractivity contribution >= 4 is 54.7 Å². The van der Waals surface area contributed by atoms with Crippen molar-refractivity contribution in [2.45, 2.75) is 77.3 Å². The van der Waals surface area contributed by atoms with Gasteiger partial charge >= 0.3 is 211 Å². The maximum atomic E-state index is 2.51. The summed E-state index contributed by atoms with van der Waals surface area (Å²) in [5.74, 6) is 0. The fourth-order valence-corrected chi connectivity index (χ4v) is 11.2. The van der Waals surface area contributed by atoms with Crippen LogP contribution < -0.4 is 0 Å². The Bertz CT molecular complexity index is 808. The van der Waals surface area contributed by atoms with Crippen molar-refractivity contribution in [2.75, 3.05) is 0 Å². The van der Waals surface area contributed by atoms with Gasteiger partial charge in [0.15, 0.2) is 0 Å². The molecule has 31 heavy (non-hydrogen) atoms. The van der Waals surface area contributed by atoms with E-state index in [0.717, 1.165) is 0 Å². The summed E-state index contributed by atoms with van der Waals surface area (Å²) in [6.07, 6.45) is 11.0. The molecule has 1 aliphatic heterocycles. The molecule has 3 heteroatoms. The molecule has 154 valence electrons. The van der Waals surface area contributed by atoms with Crippen molar-refractivity contribution in [3.8, 4) is 0 Å². The van der Waals surface area contributed by atoms with Crippen molar-refractivity contribution in [2.24, 2.45) is 0 Å². The molecule has 0 amide bonds. The van der Waals surface area contributed by atoms with Crippen molar-refractivity contribution in [1.29, 1.82) is 0 Å². The molecule has 0 spiro atoms. The summed E-state index contributed by atoms with van der Waals surface area (Å²) in [5.41, 5.74) is 5.94. The summed E-state index contributed by atoms with van der Waals surface area (Å²) in [5, 5.41) is 0. The number of hydrogen-bond donors (Lipinski definition) is 0. The van der Waals surface area contributed by atoms with E-state index in [1.165, 1.54) is 74.6 Å².